The van der Waals surface area contributed by atoms with E-state index < -0.39 is 11.8 Å². The van der Waals surface area contributed by atoms with Gasteiger partial charge in [0.1, 0.15) is 11.6 Å². The molecule has 1 heterocycles. The number of hydrogen-bond acceptors (Lipinski definition) is 2. The van der Waals surface area contributed by atoms with Gasteiger partial charge in [-0.15, -0.1) is 0 Å². The fraction of sp³-hybridized carbons (Fsp3) is 0.188. The van der Waals surface area contributed by atoms with E-state index in [0.29, 0.717) is 12.1 Å². The van der Waals surface area contributed by atoms with E-state index in [2.05, 4.69) is 0 Å². The van der Waals surface area contributed by atoms with Crippen LogP contribution in [-0.2, 0) is 13.0 Å². The van der Waals surface area contributed by atoms with Gasteiger partial charge in [0, 0.05) is 18.8 Å². The Labute approximate surface area is 120 Å². The zero-order valence-electron chi connectivity index (χ0n) is 11.1. The van der Waals surface area contributed by atoms with Crippen molar-refractivity contribution in [2.75, 3.05) is 11.4 Å². The molecule has 0 unspecified atom stereocenters. The van der Waals surface area contributed by atoms with Gasteiger partial charge in [-0.05, 0) is 41.8 Å². The molecule has 1 aliphatic rings. The third-order valence-corrected chi connectivity index (χ3v) is 3.67. The number of hydrogen-bond donors (Lipinski definition) is 1. The predicted octanol–water partition coefficient (Wildman–Crippen LogP) is 3.23. The average Bonchev–Trinajstić information content (AvgIpc) is 2.83. The molecule has 3 rings (SSSR count). The lowest BCUT2D eigenvalue weighted by Gasteiger charge is -2.19. The Balaban J connectivity index is 1.88. The lowest BCUT2D eigenvalue weighted by atomic mass is 10.1. The maximum Gasteiger partial charge on any atom is 0.338 e. The van der Waals surface area contributed by atoms with Crippen molar-refractivity contribution in [3.63, 3.8) is 0 Å². The monoisotopic (exact) mass is 289 g/mol. The highest BCUT2D eigenvalue weighted by atomic mass is 19.1. The lowest BCUT2D eigenvalue weighted by molar-refractivity contribution is 0.0691. The summed E-state index contributed by atoms with van der Waals surface area (Å²) >= 11 is 0. The van der Waals surface area contributed by atoms with Crippen molar-refractivity contribution >= 4 is 11.7 Å². The number of benzene rings is 2. The van der Waals surface area contributed by atoms with Crippen LogP contribution in [0.3, 0.4) is 0 Å². The van der Waals surface area contributed by atoms with Gasteiger partial charge in [0.15, 0.2) is 0 Å². The van der Waals surface area contributed by atoms with Crippen molar-refractivity contribution < 1.29 is 18.7 Å². The average molecular weight is 289 g/mol. The van der Waals surface area contributed by atoms with Gasteiger partial charge in [-0.2, -0.15) is 0 Å². The van der Waals surface area contributed by atoms with Crippen molar-refractivity contribution in [2.45, 2.75) is 13.0 Å². The minimum atomic E-state index is -1.29. The lowest BCUT2D eigenvalue weighted by Crippen LogP contribution is -2.20. The molecule has 2 aromatic rings. The molecule has 2 aromatic carbocycles. The highest BCUT2D eigenvalue weighted by molar-refractivity contribution is 5.88. The van der Waals surface area contributed by atoms with Crippen molar-refractivity contribution in [3.8, 4) is 0 Å². The number of carboxylic acids is 1. The first-order valence-electron chi connectivity index (χ1n) is 6.59. The van der Waals surface area contributed by atoms with Gasteiger partial charge in [0.2, 0.25) is 0 Å². The molecule has 21 heavy (non-hydrogen) atoms. The number of aromatic carboxylic acids is 1. The Kier molecular flexibility index (Phi) is 3.33. The van der Waals surface area contributed by atoms with Gasteiger partial charge in [-0.1, -0.05) is 12.1 Å². The summed E-state index contributed by atoms with van der Waals surface area (Å²) in [5.74, 6) is -2.34. The Morgan fingerprint density at radius 2 is 2.00 bits per heavy atom. The third kappa shape index (κ3) is 2.59. The molecular weight excluding hydrogens is 276 g/mol. The van der Waals surface area contributed by atoms with Gasteiger partial charge in [0.05, 0.1) is 5.56 Å². The smallest absolute Gasteiger partial charge is 0.338 e. The molecule has 0 atom stereocenters. The van der Waals surface area contributed by atoms with E-state index in [9.17, 15) is 13.6 Å². The molecule has 1 aliphatic heterocycles. The standard InChI is InChI=1S/C16H13F2NO2/c17-12-3-2-11-5-6-19(15(11)8-12)9-10-1-4-14(18)13(7-10)16(20)21/h1-4,7-8H,5-6,9H2,(H,20,21). The summed E-state index contributed by atoms with van der Waals surface area (Å²) in [5, 5.41) is 8.94. The van der Waals surface area contributed by atoms with Crippen molar-refractivity contribution in [1.29, 1.82) is 0 Å². The second kappa shape index (κ2) is 5.16. The summed E-state index contributed by atoms with van der Waals surface area (Å²) < 4.78 is 26.7. The molecule has 0 fully saturated rings. The van der Waals surface area contributed by atoms with E-state index in [1.54, 1.807) is 12.1 Å². The molecule has 0 saturated heterocycles. The summed E-state index contributed by atoms with van der Waals surface area (Å²) in [6.07, 6.45) is 0.822. The van der Waals surface area contributed by atoms with Gasteiger partial charge in [0.25, 0.3) is 0 Å². The predicted molar refractivity (Wildman–Crippen MR) is 74.5 cm³/mol. The molecule has 0 aliphatic carbocycles. The Morgan fingerprint density at radius 1 is 1.19 bits per heavy atom. The van der Waals surface area contributed by atoms with Crippen LogP contribution in [0.1, 0.15) is 21.5 Å². The second-order valence-corrected chi connectivity index (χ2v) is 5.06. The molecule has 0 amide bonds. The minimum Gasteiger partial charge on any atom is -0.478 e. The number of halogens is 2. The summed E-state index contributed by atoms with van der Waals surface area (Å²) in [5.41, 5.74) is 2.23. The highest BCUT2D eigenvalue weighted by Crippen LogP contribution is 2.30. The first-order chi connectivity index (χ1) is 10.0. The summed E-state index contributed by atoms with van der Waals surface area (Å²) in [7, 11) is 0. The van der Waals surface area contributed by atoms with Crippen LogP contribution in [0, 0.1) is 11.6 Å². The normalized spacial score (nSPS) is 13.3. The molecule has 108 valence electrons. The summed E-state index contributed by atoms with van der Waals surface area (Å²) in [6.45, 7) is 1.16. The topological polar surface area (TPSA) is 40.5 Å². The highest BCUT2D eigenvalue weighted by Gasteiger charge is 2.20. The molecular formula is C16H13F2NO2. The zero-order valence-corrected chi connectivity index (χ0v) is 11.1. The van der Waals surface area contributed by atoms with E-state index in [-0.39, 0.29) is 11.4 Å². The molecule has 0 spiro atoms. The first-order valence-corrected chi connectivity index (χ1v) is 6.59. The second-order valence-electron chi connectivity index (χ2n) is 5.06. The molecule has 0 radical (unpaired) electrons. The molecule has 0 bridgehead atoms. The minimum absolute atomic E-state index is 0.300. The van der Waals surface area contributed by atoms with Crippen LogP contribution in [0.15, 0.2) is 36.4 Å². The largest absolute Gasteiger partial charge is 0.478 e. The number of nitrogens with zero attached hydrogens (tertiary/aromatic N) is 1. The van der Waals surface area contributed by atoms with E-state index in [1.807, 2.05) is 4.90 Å². The van der Waals surface area contributed by atoms with E-state index in [1.165, 1.54) is 18.2 Å². The fourth-order valence-corrected chi connectivity index (χ4v) is 2.64. The maximum absolute atomic E-state index is 13.4. The maximum atomic E-state index is 13.4. The summed E-state index contributed by atoms with van der Waals surface area (Å²) in [4.78, 5) is 12.9. The van der Waals surface area contributed by atoms with Crippen LogP contribution in [0.5, 0.6) is 0 Å². The fourth-order valence-electron chi connectivity index (χ4n) is 2.64. The Morgan fingerprint density at radius 3 is 2.76 bits per heavy atom. The number of rotatable bonds is 3. The van der Waals surface area contributed by atoms with Crippen LogP contribution in [0.2, 0.25) is 0 Å². The molecule has 1 N–H and O–H groups in total. The van der Waals surface area contributed by atoms with E-state index >= 15 is 0 Å². The van der Waals surface area contributed by atoms with E-state index in [0.717, 1.165) is 30.3 Å². The van der Waals surface area contributed by atoms with Gasteiger partial charge in [-0.25, -0.2) is 13.6 Å². The van der Waals surface area contributed by atoms with Crippen molar-refractivity contribution in [2.24, 2.45) is 0 Å². The van der Waals surface area contributed by atoms with E-state index in [4.69, 9.17) is 5.11 Å². The summed E-state index contributed by atoms with van der Waals surface area (Å²) in [6, 6.07) is 8.71. The van der Waals surface area contributed by atoms with Gasteiger partial charge >= 0.3 is 5.97 Å². The van der Waals surface area contributed by atoms with Crippen LogP contribution >= 0.6 is 0 Å². The quantitative estimate of drug-likeness (QED) is 0.943. The number of carbonyl (C=O) groups is 1. The van der Waals surface area contributed by atoms with Crippen LogP contribution < -0.4 is 4.90 Å². The Bertz CT molecular complexity index is 715. The molecule has 5 heteroatoms. The molecule has 0 saturated carbocycles. The number of anilines is 1. The van der Waals surface area contributed by atoms with Crippen LogP contribution in [-0.4, -0.2) is 17.6 Å². The third-order valence-electron chi connectivity index (χ3n) is 3.67. The van der Waals surface area contributed by atoms with Gasteiger partial charge < -0.3 is 10.0 Å². The Hall–Kier alpha value is -2.43. The zero-order chi connectivity index (χ0) is 15.0. The van der Waals surface area contributed by atoms with Gasteiger partial charge in [-0.3, -0.25) is 0 Å². The SMILES string of the molecule is O=C(O)c1cc(CN2CCc3ccc(F)cc32)ccc1F. The first kappa shape index (κ1) is 13.5. The van der Waals surface area contributed by atoms with Crippen molar-refractivity contribution in [3.05, 3.63) is 64.7 Å². The molecule has 3 nitrogen and oxygen atoms in total. The van der Waals surface area contributed by atoms with Crippen molar-refractivity contribution in [1.82, 2.24) is 0 Å². The molecule has 0 aromatic heterocycles. The number of carboxylic acid groups (broad SMARTS) is 1. The van der Waals surface area contributed by atoms with Crippen LogP contribution in [0.4, 0.5) is 14.5 Å². The van der Waals surface area contributed by atoms with Crippen LogP contribution in [0.25, 0.3) is 0 Å². The number of fused-ring (bicyclic) bond motifs is 1.